The molecule has 9 aromatic carbocycles. The largest absolute Gasteiger partial charge is 0.310 e. The lowest BCUT2D eigenvalue weighted by Crippen LogP contribution is -2.37. The van der Waals surface area contributed by atoms with Gasteiger partial charge in [0.1, 0.15) is 0 Å². The van der Waals surface area contributed by atoms with Crippen molar-refractivity contribution in [2.24, 2.45) is 0 Å². The van der Waals surface area contributed by atoms with Gasteiger partial charge in [0.25, 0.3) is 0 Å². The Hall–Kier alpha value is -7.33. The fourth-order valence-electron chi connectivity index (χ4n) is 9.88. The lowest BCUT2D eigenvalue weighted by molar-refractivity contribution is 0.731. The highest BCUT2D eigenvalue weighted by Gasteiger charge is 2.46. The molecule has 3 heterocycles. The molecule has 0 atom stereocenters. The molecular weight excluding hydrogens is 733 g/mol. The van der Waals surface area contributed by atoms with Gasteiger partial charge < -0.3 is 4.90 Å². The first-order chi connectivity index (χ1) is 29.3. The molecule has 0 fully saturated rings. The predicted octanol–water partition coefficient (Wildman–Crippen LogP) is 15.3. The first-order valence-corrected chi connectivity index (χ1v) is 21.0. The zero-order valence-corrected chi connectivity index (χ0v) is 32.9. The van der Waals surface area contributed by atoms with Gasteiger partial charge in [-0.05, 0) is 69.8 Å². The second-order valence-electron chi connectivity index (χ2n) is 15.4. The fraction of sp³-hybridized carbons (Fsp3) is 0.0179. The number of anilines is 3. The summed E-state index contributed by atoms with van der Waals surface area (Å²) >= 11 is 1.89. The van der Waals surface area contributed by atoms with E-state index in [1.54, 1.807) is 0 Å². The summed E-state index contributed by atoms with van der Waals surface area (Å²) in [5.41, 5.74) is 13.6. The van der Waals surface area contributed by atoms with E-state index in [1.165, 1.54) is 81.1 Å². The summed E-state index contributed by atoms with van der Waals surface area (Å²) in [6, 6.07) is 79.8. The van der Waals surface area contributed by atoms with Crippen molar-refractivity contribution in [3.8, 4) is 22.4 Å². The maximum atomic E-state index is 5.24. The molecule has 0 spiro atoms. The van der Waals surface area contributed by atoms with Gasteiger partial charge in [-0.15, -0.1) is 11.3 Å². The summed E-state index contributed by atoms with van der Waals surface area (Å²) < 4.78 is 2.57. The Labute approximate surface area is 346 Å². The predicted molar refractivity (Wildman–Crippen MR) is 250 cm³/mol. The second kappa shape index (κ2) is 13.4. The SMILES string of the molecule is c1ccc(-c2nc3ccccc3c3c2ccc2sc4c(-c5cccc(N6c7ccccc7C(c7ccccc7)(c7ccccc7)c7ccccc76)c5)cccc4c23)cc1. The number of fused-ring (bicyclic) bond motifs is 9. The Morgan fingerprint density at radius 1 is 0.424 bits per heavy atom. The minimum atomic E-state index is -0.505. The molecule has 0 unspecified atom stereocenters. The molecule has 0 radical (unpaired) electrons. The van der Waals surface area contributed by atoms with E-state index in [1.807, 2.05) is 11.3 Å². The molecule has 59 heavy (non-hydrogen) atoms. The Morgan fingerprint density at radius 3 is 1.71 bits per heavy atom. The number of pyridine rings is 1. The number of hydrogen-bond acceptors (Lipinski definition) is 3. The highest BCUT2D eigenvalue weighted by atomic mass is 32.1. The third-order valence-corrected chi connectivity index (χ3v) is 13.5. The van der Waals surface area contributed by atoms with Gasteiger partial charge >= 0.3 is 0 Å². The van der Waals surface area contributed by atoms with Gasteiger partial charge in [-0.25, -0.2) is 4.98 Å². The molecule has 1 aliphatic rings. The minimum Gasteiger partial charge on any atom is -0.310 e. The summed E-state index contributed by atoms with van der Waals surface area (Å²) in [6.07, 6.45) is 0. The van der Waals surface area contributed by atoms with E-state index in [2.05, 4.69) is 223 Å². The van der Waals surface area contributed by atoms with Crippen molar-refractivity contribution in [3.63, 3.8) is 0 Å². The summed E-state index contributed by atoms with van der Waals surface area (Å²) in [5.74, 6) is 0. The number of aromatic nitrogens is 1. The average Bonchev–Trinajstić information content (AvgIpc) is 3.71. The standard InChI is InChI=1S/C56H36N2S/c1-4-18-37(19-5-1)54-44-34-35-51-53(52(44)43-26-10-13-31-48(43)57-54)45-28-17-27-42(55(45)59-51)38-20-16-25-41(36-38)58-49-32-14-11-29-46(49)56(39-21-6-2-7-22-39,40-23-8-3-9-24-40)47-30-12-15-33-50(47)58/h1-36H. The normalized spacial score (nSPS) is 13.2. The van der Waals surface area contributed by atoms with Gasteiger partial charge in [0.05, 0.1) is 28.0 Å². The van der Waals surface area contributed by atoms with Crippen LogP contribution < -0.4 is 4.90 Å². The summed E-state index contributed by atoms with van der Waals surface area (Å²) in [4.78, 5) is 7.71. The Morgan fingerprint density at radius 2 is 1.00 bits per heavy atom. The van der Waals surface area contributed by atoms with Crippen LogP contribution in [0.3, 0.4) is 0 Å². The van der Waals surface area contributed by atoms with Crippen molar-refractivity contribution in [2.75, 3.05) is 4.90 Å². The van der Waals surface area contributed by atoms with Crippen LogP contribution in [0.1, 0.15) is 22.3 Å². The minimum absolute atomic E-state index is 0.505. The molecule has 12 rings (SSSR count). The lowest BCUT2D eigenvalue weighted by atomic mass is 9.62. The van der Waals surface area contributed by atoms with E-state index in [9.17, 15) is 0 Å². The van der Waals surface area contributed by atoms with Gasteiger partial charge in [0, 0.05) is 47.6 Å². The Kier molecular flexibility index (Phi) is 7.66. The van der Waals surface area contributed by atoms with E-state index < -0.39 is 5.41 Å². The van der Waals surface area contributed by atoms with Crippen molar-refractivity contribution in [1.29, 1.82) is 0 Å². The molecule has 1 aliphatic heterocycles. The highest BCUT2D eigenvalue weighted by molar-refractivity contribution is 7.26. The van der Waals surface area contributed by atoms with Crippen LogP contribution in [0.2, 0.25) is 0 Å². The molecule has 0 saturated heterocycles. The third-order valence-electron chi connectivity index (χ3n) is 12.3. The molecule has 11 aromatic rings. The lowest BCUT2D eigenvalue weighted by Gasteiger charge is -2.46. The Balaban J connectivity index is 1.07. The number of hydrogen-bond donors (Lipinski definition) is 0. The smallest absolute Gasteiger partial charge is 0.0788 e. The first kappa shape index (κ1) is 33.8. The molecule has 0 bridgehead atoms. The number of benzene rings is 9. The number of para-hydroxylation sites is 3. The fourth-order valence-corrected chi connectivity index (χ4v) is 11.1. The van der Waals surface area contributed by atoms with Gasteiger partial charge in [0.15, 0.2) is 0 Å². The molecule has 2 aromatic heterocycles. The highest BCUT2D eigenvalue weighted by Crippen LogP contribution is 2.58. The van der Waals surface area contributed by atoms with Crippen LogP contribution in [0.25, 0.3) is 64.2 Å². The molecule has 0 saturated carbocycles. The number of nitrogens with zero attached hydrogens (tertiary/aromatic N) is 2. The van der Waals surface area contributed by atoms with E-state index >= 15 is 0 Å². The number of thiophene rings is 1. The van der Waals surface area contributed by atoms with Crippen LogP contribution in [-0.4, -0.2) is 4.98 Å². The van der Waals surface area contributed by atoms with E-state index in [-0.39, 0.29) is 0 Å². The van der Waals surface area contributed by atoms with Crippen LogP contribution in [0.5, 0.6) is 0 Å². The second-order valence-corrected chi connectivity index (χ2v) is 16.4. The third kappa shape index (κ3) is 5.02. The van der Waals surface area contributed by atoms with Gasteiger partial charge in [-0.3, -0.25) is 0 Å². The van der Waals surface area contributed by atoms with Crippen molar-refractivity contribution in [3.05, 3.63) is 241 Å². The van der Waals surface area contributed by atoms with Crippen LogP contribution in [0.4, 0.5) is 17.1 Å². The molecule has 2 nitrogen and oxygen atoms in total. The zero-order chi connectivity index (χ0) is 38.9. The van der Waals surface area contributed by atoms with Crippen molar-refractivity contribution < 1.29 is 0 Å². The van der Waals surface area contributed by atoms with Crippen LogP contribution >= 0.6 is 11.3 Å². The van der Waals surface area contributed by atoms with Gasteiger partial charge in [0.2, 0.25) is 0 Å². The summed E-state index contributed by atoms with van der Waals surface area (Å²) in [7, 11) is 0. The van der Waals surface area contributed by atoms with Crippen LogP contribution in [0, 0.1) is 0 Å². The summed E-state index contributed by atoms with van der Waals surface area (Å²) in [5, 5.41) is 6.21. The monoisotopic (exact) mass is 768 g/mol. The summed E-state index contributed by atoms with van der Waals surface area (Å²) in [6.45, 7) is 0. The average molecular weight is 769 g/mol. The topological polar surface area (TPSA) is 16.1 Å². The van der Waals surface area contributed by atoms with E-state index in [0.717, 1.165) is 22.5 Å². The maximum absolute atomic E-state index is 5.24. The molecule has 0 N–H and O–H groups in total. The van der Waals surface area contributed by atoms with Crippen LogP contribution in [-0.2, 0) is 5.41 Å². The molecule has 276 valence electrons. The van der Waals surface area contributed by atoms with E-state index in [0.29, 0.717) is 0 Å². The molecule has 0 aliphatic carbocycles. The van der Waals surface area contributed by atoms with Gasteiger partial charge in [-0.1, -0.05) is 182 Å². The van der Waals surface area contributed by atoms with Crippen molar-refractivity contribution in [2.45, 2.75) is 5.41 Å². The zero-order valence-electron chi connectivity index (χ0n) is 32.1. The molecular formula is C56H36N2S. The van der Waals surface area contributed by atoms with Crippen LogP contribution in [0.15, 0.2) is 218 Å². The first-order valence-electron chi connectivity index (χ1n) is 20.2. The quantitative estimate of drug-likeness (QED) is 0.162. The Bertz CT molecular complexity index is 3300. The molecule has 3 heteroatoms. The van der Waals surface area contributed by atoms with Gasteiger partial charge in [-0.2, -0.15) is 0 Å². The van der Waals surface area contributed by atoms with Crippen molar-refractivity contribution >= 4 is 70.2 Å². The van der Waals surface area contributed by atoms with Crippen molar-refractivity contribution in [1.82, 2.24) is 4.98 Å². The maximum Gasteiger partial charge on any atom is 0.0788 e. The van der Waals surface area contributed by atoms with E-state index in [4.69, 9.17) is 4.98 Å². The molecule has 0 amide bonds. The number of rotatable bonds is 5.